The number of nitrogens with zero attached hydrogens (tertiary/aromatic N) is 1. The molecule has 1 aromatic heterocycles. The molecule has 0 unspecified atom stereocenters. The molecule has 0 atom stereocenters. The molecule has 16 heavy (non-hydrogen) atoms. The van der Waals surface area contributed by atoms with Crippen LogP contribution < -0.4 is 0 Å². The van der Waals surface area contributed by atoms with Crippen molar-refractivity contribution in [2.75, 3.05) is 0 Å². The van der Waals surface area contributed by atoms with Crippen LogP contribution in [0.4, 0.5) is 0 Å². The summed E-state index contributed by atoms with van der Waals surface area (Å²) in [6.07, 6.45) is 1.86. The van der Waals surface area contributed by atoms with Gasteiger partial charge in [-0.1, -0.05) is 0 Å². The fraction of sp³-hybridized carbons (Fsp3) is 0.357. The van der Waals surface area contributed by atoms with Crippen molar-refractivity contribution in [3.05, 3.63) is 42.1 Å². The van der Waals surface area contributed by atoms with E-state index in [-0.39, 0.29) is 21.1 Å². The topological polar surface area (TPSA) is 12.9 Å². The van der Waals surface area contributed by atoms with Gasteiger partial charge in [-0.15, -0.1) is 0 Å². The summed E-state index contributed by atoms with van der Waals surface area (Å²) in [5.41, 5.74) is 2.59. The van der Waals surface area contributed by atoms with Crippen molar-refractivity contribution in [3.63, 3.8) is 0 Å². The van der Waals surface area contributed by atoms with E-state index in [1.807, 2.05) is 12.3 Å². The molecule has 2 rings (SSSR count). The molecule has 0 spiro atoms. The number of fused-ring (bicyclic) bond motifs is 1. The standard InChI is InChI=1S/C10H8N.C4H9.Sn/c1-8-4-5-10-9(7-8)3-2-6-11-10;1-4(2)3;/h2-7H,1H2;1-3H3;. The van der Waals surface area contributed by atoms with Crippen LogP contribution >= 0.6 is 0 Å². The Balaban J connectivity index is 2.20. The van der Waals surface area contributed by atoms with Crippen molar-refractivity contribution in [2.24, 2.45) is 0 Å². The predicted molar refractivity (Wildman–Crippen MR) is 70.9 cm³/mol. The molecule has 1 nitrogen and oxygen atoms in total. The van der Waals surface area contributed by atoms with Gasteiger partial charge in [-0.25, -0.2) is 0 Å². The Hall–Kier alpha value is -0.571. The van der Waals surface area contributed by atoms with Gasteiger partial charge in [-0.2, -0.15) is 0 Å². The average molecular weight is 318 g/mol. The zero-order valence-electron chi connectivity index (χ0n) is 10.1. The minimum absolute atomic E-state index is 0.317. The summed E-state index contributed by atoms with van der Waals surface area (Å²) in [5.74, 6) is 0. The first-order chi connectivity index (χ1) is 7.54. The number of hydrogen-bond acceptors (Lipinski definition) is 1. The van der Waals surface area contributed by atoms with Crippen LogP contribution in [0.1, 0.15) is 26.3 Å². The SMILES string of the molecule is C[C](C)(C)[Sn][CH2]c1ccc2ncccc2c1. The second-order valence-electron chi connectivity index (χ2n) is 5.13. The second-order valence-corrected chi connectivity index (χ2v) is 11.4. The zero-order valence-corrected chi connectivity index (χ0v) is 13.0. The molecule has 82 valence electrons. The summed E-state index contributed by atoms with van der Waals surface area (Å²) in [6.45, 7) is 7.09. The monoisotopic (exact) mass is 319 g/mol. The fourth-order valence-corrected chi connectivity index (χ4v) is 4.33. The van der Waals surface area contributed by atoms with Gasteiger partial charge in [0.2, 0.25) is 0 Å². The predicted octanol–water partition coefficient (Wildman–Crippen LogP) is 3.66. The van der Waals surface area contributed by atoms with Gasteiger partial charge in [0.15, 0.2) is 0 Å². The molecule has 0 saturated carbocycles. The molecule has 0 aliphatic rings. The Kier molecular flexibility index (Phi) is 3.53. The van der Waals surface area contributed by atoms with E-state index in [1.165, 1.54) is 15.4 Å². The number of rotatable bonds is 2. The van der Waals surface area contributed by atoms with Gasteiger partial charge in [0.25, 0.3) is 0 Å². The molecule has 0 N–H and O–H groups in total. The molecule has 0 bridgehead atoms. The van der Waals surface area contributed by atoms with Crippen LogP contribution in [0.25, 0.3) is 10.9 Å². The van der Waals surface area contributed by atoms with E-state index in [0.717, 1.165) is 5.52 Å². The molecule has 0 aliphatic heterocycles. The van der Waals surface area contributed by atoms with Gasteiger partial charge >= 0.3 is 108 Å². The number of pyridine rings is 1. The van der Waals surface area contributed by atoms with Crippen LogP contribution in [0.15, 0.2) is 36.5 Å². The number of aromatic nitrogens is 1. The van der Waals surface area contributed by atoms with Gasteiger partial charge in [0.1, 0.15) is 0 Å². The van der Waals surface area contributed by atoms with Crippen molar-refractivity contribution in [3.8, 4) is 0 Å². The van der Waals surface area contributed by atoms with Gasteiger partial charge in [0.05, 0.1) is 0 Å². The third kappa shape index (κ3) is 3.21. The first-order valence-electron chi connectivity index (χ1n) is 5.63. The molecule has 2 radical (unpaired) electrons. The van der Waals surface area contributed by atoms with Crippen LogP contribution in [0, 0.1) is 0 Å². The second kappa shape index (κ2) is 4.74. The molecule has 1 heterocycles. The van der Waals surface area contributed by atoms with E-state index in [2.05, 4.69) is 50.0 Å². The molecule has 1 aromatic carbocycles. The van der Waals surface area contributed by atoms with Gasteiger partial charge in [0, 0.05) is 0 Å². The number of hydrogen-bond donors (Lipinski definition) is 0. The van der Waals surface area contributed by atoms with Crippen LogP contribution in [0.5, 0.6) is 0 Å². The third-order valence-electron chi connectivity index (χ3n) is 2.49. The van der Waals surface area contributed by atoms with Crippen molar-refractivity contribution in [1.29, 1.82) is 0 Å². The van der Waals surface area contributed by atoms with Crippen molar-refractivity contribution in [2.45, 2.75) is 28.6 Å². The molecule has 2 heteroatoms. The molecule has 0 fully saturated rings. The quantitative estimate of drug-likeness (QED) is 0.770. The average Bonchev–Trinajstić information content (AvgIpc) is 2.25. The van der Waals surface area contributed by atoms with E-state index in [0.29, 0.717) is 3.43 Å². The Bertz CT molecular complexity index is 485. The van der Waals surface area contributed by atoms with Crippen LogP contribution in [0.3, 0.4) is 0 Å². The van der Waals surface area contributed by atoms with Crippen molar-refractivity contribution < 1.29 is 0 Å². The first-order valence-corrected chi connectivity index (χ1v) is 9.08. The van der Waals surface area contributed by atoms with Gasteiger partial charge in [-0.3, -0.25) is 0 Å². The van der Waals surface area contributed by atoms with E-state index >= 15 is 0 Å². The maximum atomic E-state index is 4.35. The van der Waals surface area contributed by atoms with E-state index in [4.69, 9.17) is 0 Å². The Labute approximate surface area is 108 Å². The molecular weight excluding hydrogens is 301 g/mol. The summed E-state index contributed by atoms with van der Waals surface area (Å²) in [5, 5.41) is 1.27. The van der Waals surface area contributed by atoms with Gasteiger partial charge < -0.3 is 0 Å². The normalized spacial score (nSPS) is 11.9. The Morgan fingerprint density at radius 1 is 1.19 bits per heavy atom. The van der Waals surface area contributed by atoms with E-state index < -0.39 is 0 Å². The third-order valence-corrected chi connectivity index (χ3v) is 7.19. The molecule has 2 aromatic rings. The van der Waals surface area contributed by atoms with Crippen LogP contribution in [-0.4, -0.2) is 26.1 Å². The molecule has 0 amide bonds. The zero-order chi connectivity index (χ0) is 11.6. The molecule has 0 saturated heterocycles. The summed E-state index contributed by atoms with van der Waals surface area (Å²) in [6, 6.07) is 10.8. The maximum absolute atomic E-state index is 4.35. The van der Waals surface area contributed by atoms with E-state index in [9.17, 15) is 0 Å². The van der Waals surface area contributed by atoms with Crippen LogP contribution in [-0.2, 0) is 4.44 Å². The van der Waals surface area contributed by atoms with Crippen molar-refractivity contribution >= 4 is 32.0 Å². The van der Waals surface area contributed by atoms with E-state index in [1.54, 1.807) is 0 Å². The van der Waals surface area contributed by atoms with Crippen LogP contribution in [0.2, 0.25) is 3.43 Å². The summed E-state index contributed by atoms with van der Waals surface area (Å²) in [4.78, 5) is 4.35. The summed E-state index contributed by atoms with van der Waals surface area (Å²) in [7, 11) is 0. The molecular formula is C14H17NSn. The number of benzene rings is 1. The minimum atomic E-state index is -0.317. The Morgan fingerprint density at radius 3 is 2.75 bits per heavy atom. The van der Waals surface area contributed by atoms with Crippen molar-refractivity contribution in [1.82, 2.24) is 4.98 Å². The summed E-state index contributed by atoms with van der Waals surface area (Å²) < 4.78 is 1.89. The molecule has 0 aliphatic carbocycles. The first kappa shape index (κ1) is 11.9. The summed E-state index contributed by atoms with van der Waals surface area (Å²) >= 11 is -0.317. The Morgan fingerprint density at radius 2 is 2.00 bits per heavy atom. The fourth-order valence-electron chi connectivity index (χ4n) is 1.60. The van der Waals surface area contributed by atoms with Gasteiger partial charge in [-0.05, 0) is 0 Å².